The van der Waals surface area contributed by atoms with E-state index in [9.17, 15) is 0 Å². The molecule has 0 aromatic carbocycles. The molecule has 1 fully saturated rings. The van der Waals surface area contributed by atoms with Gasteiger partial charge in [0.05, 0.1) is 24.2 Å². The summed E-state index contributed by atoms with van der Waals surface area (Å²) in [5, 5.41) is 0. The minimum absolute atomic E-state index is 0.0311. The average Bonchev–Trinajstić information content (AvgIpc) is 2.73. The lowest BCUT2D eigenvalue weighted by Gasteiger charge is -2.23. The van der Waals surface area contributed by atoms with Crippen molar-refractivity contribution in [2.24, 2.45) is 5.73 Å². The van der Waals surface area contributed by atoms with Crippen LogP contribution in [-0.2, 0) is 4.74 Å². The van der Waals surface area contributed by atoms with Gasteiger partial charge in [-0.1, -0.05) is 0 Å². The second kappa shape index (κ2) is 3.75. The maximum absolute atomic E-state index is 5.99. The van der Waals surface area contributed by atoms with Gasteiger partial charge in [0.25, 0.3) is 0 Å². The number of furan rings is 1. The van der Waals surface area contributed by atoms with Crippen LogP contribution in [0.15, 0.2) is 23.0 Å². The van der Waals surface area contributed by atoms with Crippen LogP contribution in [0, 0.1) is 0 Å². The fourth-order valence-electron chi connectivity index (χ4n) is 2.08. The molecule has 2 unspecified atom stereocenters. The van der Waals surface area contributed by atoms with Crippen LogP contribution in [0.3, 0.4) is 0 Å². The summed E-state index contributed by atoms with van der Waals surface area (Å²) in [6, 6.07) is 1.97. The van der Waals surface area contributed by atoms with Gasteiger partial charge in [-0.2, -0.15) is 0 Å². The molecule has 2 heterocycles. The van der Waals surface area contributed by atoms with Crippen molar-refractivity contribution in [3.63, 3.8) is 0 Å². The Hall–Kier alpha value is -0.800. The molecule has 14 heavy (non-hydrogen) atoms. The van der Waals surface area contributed by atoms with Crippen LogP contribution in [0.25, 0.3) is 0 Å². The maximum atomic E-state index is 5.99. The Bertz CT molecular complexity index is 283. The molecule has 0 saturated carbocycles. The van der Waals surface area contributed by atoms with Crippen molar-refractivity contribution in [1.29, 1.82) is 0 Å². The Morgan fingerprint density at radius 1 is 1.64 bits per heavy atom. The van der Waals surface area contributed by atoms with Gasteiger partial charge >= 0.3 is 0 Å². The topological polar surface area (TPSA) is 48.4 Å². The molecule has 1 saturated heterocycles. The number of rotatable bonds is 3. The summed E-state index contributed by atoms with van der Waals surface area (Å²) < 4.78 is 11.0. The monoisotopic (exact) mass is 195 g/mol. The van der Waals surface area contributed by atoms with Crippen molar-refractivity contribution in [1.82, 2.24) is 0 Å². The number of hydrogen-bond donors (Lipinski definition) is 1. The zero-order valence-corrected chi connectivity index (χ0v) is 8.53. The van der Waals surface area contributed by atoms with Crippen molar-refractivity contribution in [3.05, 3.63) is 24.2 Å². The fourth-order valence-corrected chi connectivity index (χ4v) is 2.08. The molecular formula is C11H17NO2. The third kappa shape index (κ3) is 1.83. The van der Waals surface area contributed by atoms with Gasteiger partial charge in [0.1, 0.15) is 0 Å². The summed E-state index contributed by atoms with van der Waals surface area (Å²) in [5.74, 6) is 0. The van der Waals surface area contributed by atoms with E-state index in [1.807, 2.05) is 6.07 Å². The lowest BCUT2D eigenvalue weighted by Crippen LogP contribution is -2.26. The summed E-state index contributed by atoms with van der Waals surface area (Å²) in [5.41, 5.74) is 6.67. The summed E-state index contributed by atoms with van der Waals surface area (Å²) >= 11 is 0. The lowest BCUT2D eigenvalue weighted by molar-refractivity contribution is -0.0333. The lowest BCUT2D eigenvalue weighted by atomic mass is 9.98. The van der Waals surface area contributed by atoms with Gasteiger partial charge in [-0.3, -0.25) is 0 Å². The van der Waals surface area contributed by atoms with E-state index < -0.39 is 0 Å². The molecule has 0 amide bonds. The highest BCUT2D eigenvalue weighted by molar-refractivity contribution is 5.11. The van der Waals surface area contributed by atoms with Gasteiger partial charge in [0.2, 0.25) is 0 Å². The van der Waals surface area contributed by atoms with Crippen LogP contribution in [0.5, 0.6) is 0 Å². The highest BCUT2D eigenvalue weighted by atomic mass is 16.5. The zero-order valence-electron chi connectivity index (χ0n) is 8.53. The predicted molar refractivity (Wildman–Crippen MR) is 53.8 cm³/mol. The molecule has 2 N–H and O–H groups in total. The van der Waals surface area contributed by atoms with Gasteiger partial charge in [0.15, 0.2) is 0 Å². The average molecular weight is 195 g/mol. The summed E-state index contributed by atoms with van der Waals surface area (Å²) in [6.07, 6.45) is 6.73. The molecular weight excluding hydrogens is 178 g/mol. The van der Waals surface area contributed by atoms with Crippen LogP contribution in [0.1, 0.15) is 37.9 Å². The molecule has 1 aliphatic heterocycles. The SMILES string of the molecule is CC1(CCN)CCC(c2ccoc2)O1. The molecule has 1 aliphatic rings. The van der Waals surface area contributed by atoms with E-state index in [1.165, 1.54) is 0 Å². The third-order valence-corrected chi connectivity index (χ3v) is 2.95. The van der Waals surface area contributed by atoms with Gasteiger partial charge in [-0.05, 0) is 38.8 Å². The second-order valence-electron chi connectivity index (χ2n) is 4.19. The van der Waals surface area contributed by atoms with Crippen LogP contribution in [-0.4, -0.2) is 12.1 Å². The molecule has 3 nitrogen and oxygen atoms in total. The van der Waals surface area contributed by atoms with Crippen molar-refractivity contribution in [2.75, 3.05) is 6.54 Å². The van der Waals surface area contributed by atoms with E-state index in [-0.39, 0.29) is 11.7 Å². The standard InChI is InChI=1S/C11H17NO2/c1-11(5-6-12)4-2-10(14-11)9-3-7-13-8-9/h3,7-8,10H,2,4-6,12H2,1H3. The van der Waals surface area contributed by atoms with Gasteiger partial charge in [-0.15, -0.1) is 0 Å². The highest BCUT2D eigenvalue weighted by Crippen LogP contribution is 2.40. The number of nitrogens with two attached hydrogens (primary N) is 1. The van der Waals surface area contributed by atoms with E-state index in [0.29, 0.717) is 6.54 Å². The summed E-state index contributed by atoms with van der Waals surface area (Å²) in [7, 11) is 0. The third-order valence-electron chi connectivity index (χ3n) is 2.95. The zero-order chi connectivity index (χ0) is 10.0. The summed E-state index contributed by atoms with van der Waals surface area (Å²) in [4.78, 5) is 0. The largest absolute Gasteiger partial charge is 0.472 e. The van der Waals surface area contributed by atoms with Crippen molar-refractivity contribution in [3.8, 4) is 0 Å². The smallest absolute Gasteiger partial charge is 0.0960 e. The first-order valence-corrected chi connectivity index (χ1v) is 5.13. The Balaban J connectivity index is 2.01. The molecule has 0 bridgehead atoms. The molecule has 3 heteroatoms. The molecule has 1 aromatic heterocycles. The highest BCUT2D eigenvalue weighted by Gasteiger charge is 2.36. The van der Waals surface area contributed by atoms with Gasteiger partial charge in [0, 0.05) is 5.56 Å². The molecule has 0 spiro atoms. The molecule has 0 aliphatic carbocycles. The number of hydrogen-bond acceptors (Lipinski definition) is 3. The molecule has 2 atom stereocenters. The van der Waals surface area contributed by atoms with Crippen LogP contribution in [0.4, 0.5) is 0 Å². The van der Waals surface area contributed by atoms with Crippen LogP contribution in [0.2, 0.25) is 0 Å². The Morgan fingerprint density at radius 3 is 3.14 bits per heavy atom. The predicted octanol–water partition coefficient (Wildman–Crippen LogP) is 2.24. The minimum atomic E-state index is -0.0311. The first-order chi connectivity index (χ1) is 6.73. The second-order valence-corrected chi connectivity index (χ2v) is 4.19. The Labute approximate surface area is 84.2 Å². The van der Waals surface area contributed by atoms with E-state index in [1.54, 1.807) is 12.5 Å². The first kappa shape index (κ1) is 9.74. The van der Waals surface area contributed by atoms with Gasteiger partial charge < -0.3 is 14.9 Å². The Morgan fingerprint density at radius 2 is 2.50 bits per heavy atom. The van der Waals surface area contributed by atoms with Crippen LogP contribution >= 0.6 is 0 Å². The van der Waals surface area contributed by atoms with Gasteiger partial charge in [-0.25, -0.2) is 0 Å². The van der Waals surface area contributed by atoms with E-state index in [2.05, 4.69) is 6.92 Å². The maximum Gasteiger partial charge on any atom is 0.0960 e. The minimum Gasteiger partial charge on any atom is -0.472 e. The van der Waals surface area contributed by atoms with Crippen molar-refractivity contribution in [2.45, 2.75) is 37.9 Å². The fraction of sp³-hybridized carbons (Fsp3) is 0.636. The summed E-state index contributed by atoms with van der Waals surface area (Å²) in [6.45, 7) is 2.83. The molecule has 0 radical (unpaired) electrons. The molecule has 78 valence electrons. The molecule has 1 aromatic rings. The van der Waals surface area contributed by atoms with Crippen molar-refractivity contribution >= 4 is 0 Å². The Kier molecular flexibility index (Phi) is 2.61. The number of ether oxygens (including phenoxy) is 1. The van der Waals surface area contributed by atoms with E-state index in [0.717, 1.165) is 24.8 Å². The normalized spacial score (nSPS) is 32.3. The van der Waals surface area contributed by atoms with Crippen LogP contribution < -0.4 is 5.73 Å². The van der Waals surface area contributed by atoms with Crippen molar-refractivity contribution < 1.29 is 9.15 Å². The van der Waals surface area contributed by atoms with E-state index in [4.69, 9.17) is 14.9 Å². The quantitative estimate of drug-likeness (QED) is 0.804. The first-order valence-electron chi connectivity index (χ1n) is 5.13. The van der Waals surface area contributed by atoms with E-state index >= 15 is 0 Å². The molecule has 2 rings (SSSR count).